The van der Waals surface area contributed by atoms with E-state index in [0.29, 0.717) is 10.7 Å². The van der Waals surface area contributed by atoms with Gasteiger partial charge in [-0.2, -0.15) is 0 Å². The number of anilines is 1. The first-order chi connectivity index (χ1) is 15.9. The van der Waals surface area contributed by atoms with E-state index in [-0.39, 0.29) is 17.2 Å². The zero-order valence-electron chi connectivity index (χ0n) is 17.9. The Balaban J connectivity index is 1.51. The van der Waals surface area contributed by atoms with Gasteiger partial charge in [0, 0.05) is 17.4 Å². The summed E-state index contributed by atoms with van der Waals surface area (Å²) in [6, 6.07) is 24.6. The molecule has 168 valence electrons. The molecule has 3 aromatic carbocycles. The Morgan fingerprint density at radius 3 is 2.24 bits per heavy atom. The number of nitrogens with one attached hydrogen (secondary N) is 2. The van der Waals surface area contributed by atoms with Crippen molar-refractivity contribution in [3.8, 4) is 11.3 Å². The van der Waals surface area contributed by atoms with Crippen LogP contribution in [0.1, 0.15) is 23.6 Å². The molecule has 8 heteroatoms. The van der Waals surface area contributed by atoms with Crippen LogP contribution in [-0.2, 0) is 14.8 Å². The number of rotatable bonds is 8. The van der Waals surface area contributed by atoms with Crippen LogP contribution in [0.2, 0.25) is 0 Å². The predicted molar refractivity (Wildman–Crippen MR) is 131 cm³/mol. The number of hydrogen-bond donors (Lipinski definition) is 2. The highest BCUT2D eigenvalue weighted by atomic mass is 32.2. The molecule has 0 saturated carbocycles. The minimum absolute atomic E-state index is 0.0741. The van der Waals surface area contributed by atoms with E-state index in [4.69, 9.17) is 0 Å². The number of benzene rings is 3. The molecule has 4 rings (SSSR count). The fraction of sp³-hybridized carbons (Fsp3) is 0.120. The number of carbonyl (C=O) groups is 1. The highest BCUT2D eigenvalue weighted by Crippen LogP contribution is 2.26. The van der Waals surface area contributed by atoms with Crippen LogP contribution < -0.4 is 10.0 Å². The van der Waals surface area contributed by atoms with Crippen molar-refractivity contribution in [3.05, 3.63) is 101 Å². The standard InChI is InChI=1S/C25H23N3O3S2/c1-18-12-14-21(15-13-18)33(30,31)28-22(19-8-4-2-5-9-19)16-24(29)27-25-26-23(17-32-25)20-10-6-3-7-11-20/h2-15,17,22,28H,16H2,1H3,(H,26,27,29)/t22-/m0/s1. The van der Waals surface area contributed by atoms with Gasteiger partial charge in [0.2, 0.25) is 15.9 Å². The molecule has 0 unspecified atom stereocenters. The van der Waals surface area contributed by atoms with E-state index in [2.05, 4.69) is 15.0 Å². The van der Waals surface area contributed by atoms with E-state index >= 15 is 0 Å². The summed E-state index contributed by atoms with van der Waals surface area (Å²) in [5.41, 5.74) is 3.40. The van der Waals surface area contributed by atoms with Gasteiger partial charge < -0.3 is 5.32 Å². The smallest absolute Gasteiger partial charge is 0.241 e. The van der Waals surface area contributed by atoms with Gasteiger partial charge in [-0.25, -0.2) is 18.1 Å². The van der Waals surface area contributed by atoms with E-state index in [1.165, 1.54) is 11.3 Å². The Morgan fingerprint density at radius 2 is 1.58 bits per heavy atom. The minimum atomic E-state index is -3.82. The van der Waals surface area contributed by atoms with Crippen LogP contribution in [0.15, 0.2) is 95.2 Å². The van der Waals surface area contributed by atoms with E-state index in [1.54, 1.807) is 36.4 Å². The first-order valence-corrected chi connectivity index (χ1v) is 12.7. The maximum absolute atomic E-state index is 13.0. The van der Waals surface area contributed by atoms with Gasteiger partial charge in [0.25, 0.3) is 0 Å². The van der Waals surface area contributed by atoms with Crippen LogP contribution in [0, 0.1) is 6.92 Å². The lowest BCUT2D eigenvalue weighted by Gasteiger charge is -2.19. The molecule has 0 radical (unpaired) electrons. The van der Waals surface area contributed by atoms with Gasteiger partial charge in [-0.05, 0) is 24.6 Å². The Kier molecular flexibility index (Phi) is 6.98. The Morgan fingerprint density at radius 1 is 0.939 bits per heavy atom. The molecule has 6 nitrogen and oxygen atoms in total. The SMILES string of the molecule is Cc1ccc(S(=O)(=O)N[C@@H](CC(=O)Nc2nc(-c3ccccc3)cs2)c2ccccc2)cc1. The Hall–Kier alpha value is -3.33. The van der Waals surface area contributed by atoms with Crippen molar-refractivity contribution < 1.29 is 13.2 Å². The second-order valence-electron chi connectivity index (χ2n) is 7.55. The topological polar surface area (TPSA) is 88.2 Å². The molecule has 33 heavy (non-hydrogen) atoms. The Labute approximate surface area is 197 Å². The van der Waals surface area contributed by atoms with Crippen LogP contribution in [0.3, 0.4) is 0 Å². The van der Waals surface area contributed by atoms with Crippen molar-refractivity contribution in [2.24, 2.45) is 0 Å². The summed E-state index contributed by atoms with van der Waals surface area (Å²) in [7, 11) is -3.82. The van der Waals surface area contributed by atoms with Gasteiger partial charge in [0.1, 0.15) is 0 Å². The van der Waals surface area contributed by atoms with Crippen molar-refractivity contribution in [1.29, 1.82) is 0 Å². The summed E-state index contributed by atoms with van der Waals surface area (Å²) >= 11 is 1.33. The van der Waals surface area contributed by atoms with Gasteiger partial charge in [0.15, 0.2) is 5.13 Å². The highest BCUT2D eigenvalue weighted by molar-refractivity contribution is 7.89. The maximum atomic E-state index is 13.0. The first-order valence-electron chi connectivity index (χ1n) is 10.4. The molecule has 1 amide bonds. The molecule has 0 aliphatic carbocycles. The van der Waals surface area contributed by atoms with Crippen LogP contribution in [0.4, 0.5) is 5.13 Å². The molecule has 0 saturated heterocycles. The maximum Gasteiger partial charge on any atom is 0.241 e. The van der Waals surface area contributed by atoms with Crippen molar-refractivity contribution >= 4 is 32.4 Å². The zero-order valence-corrected chi connectivity index (χ0v) is 19.6. The normalized spacial score (nSPS) is 12.3. The van der Waals surface area contributed by atoms with E-state index in [1.807, 2.05) is 60.8 Å². The molecule has 1 aromatic heterocycles. The van der Waals surface area contributed by atoms with E-state index < -0.39 is 16.1 Å². The number of thiazole rings is 1. The molecule has 0 aliphatic rings. The molecule has 0 spiro atoms. The lowest BCUT2D eigenvalue weighted by Crippen LogP contribution is -2.31. The fourth-order valence-electron chi connectivity index (χ4n) is 3.31. The average molecular weight is 478 g/mol. The first kappa shape index (κ1) is 22.8. The lowest BCUT2D eigenvalue weighted by atomic mass is 10.0. The van der Waals surface area contributed by atoms with Crippen LogP contribution >= 0.6 is 11.3 Å². The lowest BCUT2D eigenvalue weighted by molar-refractivity contribution is -0.116. The number of aryl methyl sites for hydroxylation is 1. The van der Waals surface area contributed by atoms with Crippen LogP contribution in [-0.4, -0.2) is 19.3 Å². The van der Waals surface area contributed by atoms with E-state index in [9.17, 15) is 13.2 Å². The monoisotopic (exact) mass is 477 g/mol. The quantitative estimate of drug-likeness (QED) is 0.367. The van der Waals surface area contributed by atoms with Crippen molar-refractivity contribution in [2.45, 2.75) is 24.3 Å². The minimum Gasteiger partial charge on any atom is -0.302 e. The molecule has 1 atom stereocenters. The number of sulfonamides is 1. The van der Waals surface area contributed by atoms with Crippen molar-refractivity contribution in [2.75, 3.05) is 5.32 Å². The van der Waals surface area contributed by atoms with Gasteiger partial charge in [-0.1, -0.05) is 78.4 Å². The van der Waals surface area contributed by atoms with Crippen molar-refractivity contribution in [3.63, 3.8) is 0 Å². The third-order valence-corrected chi connectivity index (χ3v) is 7.29. The molecule has 2 N–H and O–H groups in total. The number of aromatic nitrogens is 1. The average Bonchev–Trinajstić information content (AvgIpc) is 3.28. The van der Waals surface area contributed by atoms with Crippen LogP contribution in [0.25, 0.3) is 11.3 Å². The summed E-state index contributed by atoms with van der Waals surface area (Å²) < 4.78 is 28.6. The zero-order chi connectivity index (χ0) is 23.3. The summed E-state index contributed by atoms with van der Waals surface area (Å²) in [5, 5.41) is 5.14. The van der Waals surface area contributed by atoms with Gasteiger partial charge >= 0.3 is 0 Å². The molecule has 0 fully saturated rings. The second-order valence-corrected chi connectivity index (χ2v) is 10.1. The molecular weight excluding hydrogens is 454 g/mol. The number of amides is 1. The fourth-order valence-corrected chi connectivity index (χ4v) is 5.27. The predicted octanol–water partition coefficient (Wildman–Crippen LogP) is 5.17. The summed E-state index contributed by atoms with van der Waals surface area (Å²) in [4.78, 5) is 17.5. The molecular formula is C25H23N3O3S2. The largest absolute Gasteiger partial charge is 0.302 e. The van der Waals surface area contributed by atoms with E-state index in [0.717, 1.165) is 16.8 Å². The molecule has 0 aliphatic heterocycles. The van der Waals surface area contributed by atoms with Crippen LogP contribution in [0.5, 0.6) is 0 Å². The highest BCUT2D eigenvalue weighted by Gasteiger charge is 2.24. The van der Waals surface area contributed by atoms with Gasteiger partial charge in [-0.3, -0.25) is 4.79 Å². The third kappa shape index (κ3) is 5.92. The summed E-state index contributed by atoms with van der Waals surface area (Å²) in [6.45, 7) is 1.89. The van der Waals surface area contributed by atoms with Gasteiger partial charge in [-0.15, -0.1) is 11.3 Å². The van der Waals surface area contributed by atoms with Crippen molar-refractivity contribution in [1.82, 2.24) is 9.71 Å². The summed E-state index contributed by atoms with van der Waals surface area (Å²) in [6.07, 6.45) is -0.0741. The molecule has 1 heterocycles. The van der Waals surface area contributed by atoms with Gasteiger partial charge in [0.05, 0.1) is 16.6 Å². The number of carbonyl (C=O) groups excluding carboxylic acids is 1. The third-order valence-electron chi connectivity index (χ3n) is 5.04. The summed E-state index contributed by atoms with van der Waals surface area (Å²) in [5.74, 6) is -0.329. The number of hydrogen-bond acceptors (Lipinski definition) is 5. The molecule has 0 bridgehead atoms. The second kappa shape index (κ2) is 10.1. The molecule has 4 aromatic rings. The Bertz CT molecular complexity index is 1320. The number of nitrogens with zero attached hydrogens (tertiary/aromatic N) is 1.